The number of likely N-dealkylation sites (N-methyl/N-ethyl adjacent to an activating group) is 1. The first-order valence-electron chi connectivity index (χ1n) is 12.4. The van der Waals surface area contributed by atoms with Gasteiger partial charge in [0.1, 0.15) is 11.6 Å². The number of amides is 1. The molecular formula is C26H38ClN5O2. The molecule has 7 nitrogen and oxygen atoms in total. The number of carbonyl (C=O) groups excluding carboxylic acids is 1. The standard InChI is InChI=1S/C26H38ClN5O2/c1-4-31-11-9-28-24(31)18-30-10-5-8-26(19-30,17-25(33)32-14-12-29(3)13-15-32)20-34-22-6-7-23(27)21(2)16-22/h6-7,9,11,16H,4-5,8,10,12-15,17-20H2,1-3H3/t26-/m1/s1. The Morgan fingerprint density at radius 3 is 2.74 bits per heavy atom. The van der Waals surface area contributed by atoms with Gasteiger partial charge in [0, 0.05) is 68.5 Å². The summed E-state index contributed by atoms with van der Waals surface area (Å²) < 4.78 is 8.53. The lowest BCUT2D eigenvalue weighted by atomic mass is 9.77. The molecule has 2 fully saturated rings. The predicted octanol–water partition coefficient (Wildman–Crippen LogP) is 3.69. The number of aromatic nitrogens is 2. The van der Waals surface area contributed by atoms with Crippen molar-refractivity contribution in [1.82, 2.24) is 24.3 Å². The third kappa shape index (κ3) is 6.12. The van der Waals surface area contributed by atoms with E-state index in [0.717, 1.165) is 87.4 Å². The van der Waals surface area contributed by atoms with Gasteiger partial charge in [-0.05, 0) is 64.0 Å². The lowest BCUT2D eigenvalue weighted by molar-refractivity contribution is -0.137. The molecule has 186 valence electrons. The normalized spacial score (nSPS) is 22.2. The second-order valence-electron chi connectivity index (χ2n) is 10.0. The van der Waals surface area contributed by atoms with Gasteiger partial charge in [-0.15, -0.1) is 0 Å². The maximum Gasteiger partial charge on any atom is 0.223 e. The summed E-state index contributed by atoms with van der Waals surface area (Å²) in [4.78, 5) is 24.8. The first kappa shape index (κ1) is 25.0. The molecule has 1 aromatic carbocycles. The molecule has 3 heterocycles. The molecule has 0 radical (unpaired) electrons. The van der Waals surface area contributed by atoms with Gasteiger partial charge in [0.05, 0.1) is 13.2 Å². The van der Waals surface area contributed by atoms with Crippen LogP contribution in [0.25, 0.3) is 0 Å². The molecule has 2 aromatic rings. The van der Waals surface area contributed by atoms with Gasteiger partial charge < -0.3 is 19.1 Å². The topological polar surface area (TPSA) is 53.8 Å². The predicted molar refractivity (Wildman–Crippen MR) is 135 cm³/mol. The molecule has 0 aliphatic carbocycles. The van der Waals surface area contributed by atoms with E-state index >= 15 is 0 Å². The summed E-state index contributed by atoms with van der Waals surface area (Å²) >= 11 is 6.21. The van der Waals surface area contributed by atoms with E-state index in [1.54, 1.807) is 0 Å². The molecule has 0 bridgehead atoms. The summed E-state index contributed by atoms with van der Waals surface area (Å²) in [6.45, 7) is 11.7. The van der Waals surface area contributed by atoms with Gasteiger partial charge in [-0.1, -0.05) is 11.6 Å². The van der Waals surface area contributed by atoms with Gasteiger partial charge in [-0.2, -0.15) is 0 Å². The van der Waals surface area contributed by atoms with Crippen molar-refractivity contribution in [2.24, 2.45) is 5.41 Å². The third-order valence-corrected chi connectivity index (χ3v) is 7.73. The number of nitrogens with zero attached hydrogens (tertiary/aromatic N) is 5. The molecular weight excluding hydrogens is 450 g/mol. The summed E-state index contributed by atoms with van der Waals surface area (Å²) in [5.74, 6) is 2.14. The zero-order valence-corrected chi connectivity index (χ0v) is 21.6. The number of imidazole rings is 1. The maximum absolute atomic E-state index is 13.4. The summed E-state index contributed by atoms with van der Waals surface area (Å²) in [5, 5.41) is 0.738. The van der Waals surface area contributed by atoms with Crippen molar-refractivity contribution in [2.75, 3.05) is 52.9 Å². The molecule has 0 spiro atoms. The third-order valence-electron chi connectivity index (χ3n) is 7.30. The average molecular weight is 488 g/mol. The number of halogens is 1. The van der Waals surface area contributed by atoms with Crippen molar-refractivity contribution in [3.8, 4) is 5.75 Å². The fourth-order valence-corrected chi connectivity index (χ4v) is 5.29. The highest BCUT2D eigenvalue weighted by atomic mass is 35.5. The molecule has 8 heteroatoms. The van der Waals surface area contributed by atoms with E-state index in [9.17, 15) is 4.79 Å². The Labute approximate surface area is 208 Å². The van der Waals surface area contributed by atoms with Gasteiger partial charge in [-0.25, -0.2) is 4.98 Å². The van der Waals surface area contributed by atoms with E-state index in [-0.39, 0.29) is 11.3 Å². The van der Waals surface area contributed by atoms with Crippen molar-refractivity contribution < 1.29 is 9.53 Å². The minimum absolute atomic E-state index is 0.226. The molecule has 4 rings (SSSR count). The molecule has 0 saturated carbocycles. The van der Waals surface area contributed by atoms with Gasteiger partial charge in [0.2, 0.25) is 5.91 Å². The largest absolute Gasteiger partial charge is 0.493 e. The zero-order chi connectivity index (χ0) is 24.1. The highest BCUT2D eigenvalue weighted by Crippen LogP contribution is 2.36. The number of carbonyl (C=O) groups is 1. The second kappa shape index (κ2) is 11.1. The molecule has 1 atom stereocenters. The van der Waals surface area contributed by atoms with Gasteiger partial charge in [-0.3, -0.25) is 9.69 Å². The van der Waals surface area contributed by atoms with Crippen LogP contribution in [0.4, 0.5) is 0 Å². The molecule has 1 aromatic heterocycles. The van der Waals surface area contributed by atoms with Crippen LogP contribution >= 0.6 is 11.6 Å². The highest BCUT2D eigenvalue weighted by molar-refractivity contribution is 6.31. The number of likely N-dealkylation sites (tertiary alicyclic amines) is 1. The fraction of sp³-hybridized carbons (Fsp3) is 0.615. The Balaban J connectivity index is 1.49. The number of rotatable bonds is 8. The van der Waals surface area contributed by atoms with Crippen molar-refractivity contribution in [1.29, 1.82) is 0 Å². The fourth-order valence-electron chi connectivity index (χ4n) is 5.17. The van der Waals surface area contributed by atoms with Gasteiger partial charge >= 0.3 is 0 Å². The van der Waals surface area contributed by atoms with E-state index < -0.39 is 0 Å². The number of benzene rings is 1. The maximum atomic E-state index is 13.4. The molecule has 0 N–H and O–H groups in total. The molecule has 0 unspecified atom stereocenters. The number of piperidine rings is 1. The van der Waals surface area contributed by atoms with E-state index in [1.807, 2.05) is 42.4 Å². The Hall–Kier alpha value is -2.09. The number of piperazine rings is 1. The van der Waals surface area contributed by atoms with Gasteiger partial charge in [0.25, 0.3) is 0 Å². The van der Waals surface area contributed by atoms with Crippen molar-refractivity contribution in [3.63, 3.8) is 0 Å². The number of hydrogen-bond acceptors (Lipinski definition) is 5. The van der Waals surface area contributed by atoms with E-state index in [0.29, 0.717) is 13.0 Å². The second-order valence-corrected chi connectivity index (χ2v) is 10.4. The Morgan fingerprint density at radius 2 is 2.00 bits per heavy atom. The first-order valence-corrected chi connectivity index (χ1v) is 12.8. The van der Waals surface area contributed by atoms with Crippen LogP contribution < -0.4 is 4.74 Å². The van der Waals surface area contributed by atoms with Crippen LogP contribution in [0, 0.1) is 12.3 Å². The Bertz CT molecular complexity index is 972. The molecule has 2 saturated heterocycles. The molecule has 1 amide bonds. The van der Waals surface area contributed by atoms with Crippen LogP contribution in [0.5, 0.6) is 5.75 Å². The molecule has 34 heavy (non-hydrogen) atoms. The van der Waals surface area contributed by atoms with Crippen LogP contribution in [0.2, 0.25) is 5.02 Å². The lowest BCUT2D eigenvalue weighted by Gasteiger charge is -2.43. The van der Waals surface area contributed by atoms with Crippen molar-refractivity contribution in [2.45, 2.75) is 46.2 Å². The van der Waals surface area contributed by atoms with Crippen LogP contribution in [-0.4, -0.2) is 83.1 Å². The number of ether oxygens (including phenoxy) is 1. The van der Waals surface area contributed by atoms with Crippen LogP contribution in [0.15, 0.2) is 30.6 Å². The summed E-state index contributed by atoms with van der Waals surface area (Å²) in [6, 6.07) is 5.78. The summed E-state index contributed by atoms with van der Waals surface area (Å²) in [5.41, 5.74) is 0.772. The smallest absolute Gasteiger partial charge is 0.223 e. The van der Waals surface area contributed by atoms with Crippen molar-refractivity contribution in [3.05, 3.63) is 47.0 Å². The zero-order valence-electron chi connectivity index (χ0n) is 20.8. The SMILES string of the molecule is CCn1ccnc1CN1CCC[C@@](COc2ccc(Cl)c(C)c2)(CC(=O)N2CCN(C)CC2)C1. The minimum Gasteiger partial charge on any atom is -0.493 e. The molecule has 2 aliphatic rings. The Kier molecular flexibility index (Phi) is 8.17. The number of aryl methyl sites for hydroxylation is 2. The van der Waals surface area contributed by atoms with Crippen molar-refractivity contribution >= 4 is 17.5 Å². The lowest BCUT2D eigenvalue weighted by Crippen LogP contribution is -2.52. The van der Waals surface area contributed by atoms with Crippen LogP contribution in [0.1, 0.15) is 37.6 Å². The van der Waals surface area contributed by atoms with E-state index in [1.165, 1.54) is 0 Å². The Morgan fingerprint density at radius 1 is 1.21 bits per heavy atom. The van der Waals surface area contributed by atoms with E-state index in [4.69, 9.17) is 16.3 Å². The first-order chi connectivity index (χ1) is 16.4. The van der Waals surface area contributed by atoms with E-state index in [2.05, 4.69) is 33.3 Å². The highest BCUT2D eigenvalue weighted by Gasteiger charge is 2.40. The summed E-state index contributed by atoms with van der Waals surface area (Å²) in [6.07, 6.45) is 6.46. The average Bonchev–Trinajstić information content (AvgIpc) is 3.27. The van der Waals surface area contributed by atoms with Crippen LogP contribution in [-0.2, 0) is 17.9 Å². The number of hydrogen-bond donors (Lipinski definition) is 0. The van der Waals surface area contributed by atoms with Gasteiger partial charge in [0.15, 0.2) is 0 Å². The summed E-state index contributed by atoms with van der Waals surface area (Å²) in [7, 11) is 2.12. The van der Waals surface area contributed by atoms with Crippen LogP contribution in [0.3, 0.4) is 0 Å². The quantitative estimate of drug-likeness (QED) is 0.568. The minimum atomic E-state index is -0.226. The monoisotopic (exact) mass is 487 g/mol. The molecule has 2 aliphatic heterocycles.